The molecule has 0 aromatic carbocycles. The molecule has 104 valence electrons. The number of unbranched alkanes of at least 4 members (excludes halogenated alkanes) is 3. The molecule has 0 radical (unpaired) electrons. The van der Waals surface area contributed by atoms with E-state index < -0.39 is 12.0 Å². The lowest BCUT2D eigenvalue weighted by Crippen LogP contribution is -2.31. The summed E-state index contributed by atoms with van der Waals surface area (Å²) >= 11 is 0. The standard InChI is InChI=1S/C9H20N6O3/c1-2-3-4-5-6-17-9(14-16)18-15-8(12)13-7(10)11/h16H,2-6H2,1H3,(H6,10,11,12,13,15). The smallest absolute Gasteiger partial charge is 0.447 e. The van der Waals surface area contributed by atoms with Gasteiger partial charge in [0.25, 0.3) is 5.96 Å². The van der Waals surface area contributed by atoms with Crippen molar-refractivity contribution in [3.8, 4) is 0 Å². The fourth-order valence-electron chi connectivity index (χ4n) is 1.01. The summed E-state index contributed by atoms with van der Waals surface area (Å²) in [6.45, 7) is 2.46. The first-order valence-electron chi connectivity index (χ1n) is 5.56. The summed E-state index contributed by atoms with van der Waals surface area (Å²) < 4.78 is 5.00. The van der Waals surface area contributed by atoms with Crippen LogP contribution in [0.1, 0.15) is 32.6 Å². The fourth-order valence-corrected chi connectivity index (χ4v) is 1.01. The largest absolute Gasteiger partial charge is 0.447 e. The molecule has 0 aliphatic carbocycles. The predicted octanol–water partition coefficient (Wildman–Crippen LogP) is 0.0579. The van der Waals surface area contributed by atoms with E-state index in [1.165, 1.54) is 0 Å². The maximum atomic E-state index is 8.57. The molecule has 0 aliphatic heterocycles. The van der Waals surface area contributed by atoms with Gasteiger partial charge in [-0.25, -0.2) is 0 Å². The summed E-state index contributed by atoms with van der Waals surface area (Å²) in [5.74, 6) is -0.732. The molecule has 0 spiro atoms. The SMILES string of the molecule is CCCCCCOC(=NO)ONC(=N)N=C(N)N. The minimum atomic E-state index is -0.439. The second-order valence-electron chi connectivity index (χ2n) is 3.36. The first-order valence-corrected chi connectivity index (χ1v) is 5.56. The van der Waals surface area contributed by atoms with Crippen molar-refractivity contribution in [3.63, 3.8) is 0 Å². The van der Waals surface area contributed by atoms with Crippen molar-refractivity contribution in [2.24, 2.45) is 21.6 Å². The van der Waals surface area contributed by atoms with E-state index in [1.807, 2.05) is 5.48 Å². The van der Waals surface area contributed by atoms with E-state index in [0.29, 0.717) is 6.61 Å². The molecule has 0 aromatic heterocycles. The highest BCUT2D eigenvalue weighted by Crippen LogP contribution is 1.99. The maximum absolute atomic E-state index is 8.57. The molecule has 0 saturated heterocycles. The van der Waals surface area contributed by atoms with Gasteiger partial charge in [0.15, 0.2) is 5.96 Å². The van der Waals surface area contributed by atoms with Crippen molar-refractivity contribution in [2.75, 3.05) is 6.61 Å². The zero-order valence-electron chi connectivity index (χ0n) is 10.3. The Hall–Kier alpha value is -2.19. The van der Waals surface area contributed by atoms with E-state index >= 15 is 0 Å². The number of hydrogen-bond acceptors (Lipinski definition) is 5. The number of nitrogens with one attached hydrogen (secondary N) is 2. The Morgan fingerprint density at radius 2 is 2.06 bits per heavy atom. The average molecular weight is 260 g/mol. The normalized spacial score (nSPS) is 10.6. The number of nitrogens with zero attached hydrogens (tertiary/aromatic N) is 2. The van der Waals surface area contributed by atoms with E-state index in [1.54, 1.807) is 0 Å². The van der Waals surface area contributed by atoms with Gasteiger partial charge in [-0.3, -0.25) is 5.41 Å². The predicted molar refractivity (Wildman–Crippen MR) is 67.1 cm³/mol. The van der Waals surface area contributed by atoms with Crippen molar-refractivity contribution < 1.29 is 14.8 Å². The molecule has 0 heterocycles. The molecular weight excluding hydrogens is 240 g/mol. The van der Waals surface area contributed by atoms with E-state index in [2.05, 4.69) is 21.9 Å². The Labute approximate surface area is 105 Å². The van der Waals surface area contributed by atoms with Crippen LogP contribution in [0.5, 0.6) is 0 Å². The van der Waals surface area contributed by atoms with E-state index in [-0.39, 0.29) is 5.96 Å². The number of hydroxylamine groups is 1. The summed E-state index contributed by atoms with van der Waals surface area (Å²) in [5.41, 5.74) is 12.1. The van der Waals surface area contributed by atoms with Gasteiger partial charge in [0, 0.05) is 0 Å². The molecule has 0 amide bonds. The van der Waals surface area contributed by atoms with Gasteiger partial charge in [0.05, 0.1) is 6.61 Å². The molecule has 0 aromatic rings. The number of ether oxygens (including phenoxy) is 1. The molecule has 0 unspecified atom stereocenters. The van der Waals surface area contributed by atoms with Crippen molar-refractivity contribution >= 4 is 18.0 Å². The third-order valence-electron chi connectivity index (χ3n) is 1.78. The molecule has 9 nitrogen and oxygen atoms in total. The minimum Gasteiger partial charge on any atom is -0.447 e. The van der Waals surface area contributed by atoms with Gasteiger partial charge in [-0.15, -0.1) is 0 Å². The average Bonchev–Trinajstić information content (AvgIpc) is 2.31. The van der Waals surface area contributed by atoms with Crippen LogP contribution >= 0.6 is 0 Å². The van der Waals surface area contributed by atoms with Gasteiger partial charge in [0.2, 0.25) is 0 Å². The van der Waals surface area contributed by atoms with Gasteiger partial charge in [-0.1, -0.05) is 26.2 Å². The van der Waals surface area contributed by atoms with Crippen molar-refractivity contribution in [1.29, 1.82) is 5.41 Å². The summed E-state index contributed by atoms with van der Waals surface area (Å²) in [6.07, 6.45) is 3.67. The Bertz CT molecular complexity index is 301. The Balaban J connectivity index is 3.78. The zero-order chi connectivity index (χ0) is 13.8. The Kier molecular flexibility index (Phi) is 8.78. The summed E-state index contributed by atoms with van der Waals surface area (Å²) in [6, 6.07) is 0. The van der Waals surface area contributed by atoms with Crippen LogP contribution < -0.4 is 16.9 Å². The molecule has 0 atom stereocenters. The summed E-state index contributed by atoms with van der Waals surface area (Å²) in [5, 5.41) is 18.5. The first kappa shape index (κ1) is 15.8. The Morgan fingerprint density at radius 3 is 2.61 bits per heavy atom. The van der Waals surface area contributed by atoms with Crippen LogP contribution in [0.4, 0.5) is 0 Å². The van der Waals surface area contributed by atoms with Crippen LogP contribution in [0.2, 0.25) is 0 Å². The molecule has 0 saturated carbocycles. The van der Waals surface area contributed by atoms with Crippen molar-refractivity contribution in [2.45, 2.75) is 32.6 Å². The highest BCUT2D eigenvalue weighted by atomic mass is 16.8. The minimum absolute atomic E-state index is 0.293. The molecule has 0 fully saturated rings. The topological polar surface area (TPSA) is 151 Å². The number of nitrogens with two attached hydrogens (primary N) is 2. The third kappa shape index (κ3) is 9.07. The highest BCUT2D eigenvalue weighted by Gasteiger charge is 2.04. The molecule has 0 aliphatic rings. The van der Waals surface area contributed by atoms with Crippen LogP contribution in [0.15, 0.2) is 10.1 Å². The third-order valence-corrected chi connectivity index (χ3v) is 1.78. The van der Waals surface area contributed by atoms with Gasteiger partial charge in [-0.05, 0) is 11.6 Å². The van der Waals surface area contributed by atoms with Gasteiger partial charge in [-0.2, -0.15) is 10.5 Å². The van der Waals surface area contributed by atoms with Gasteiger partial charge >= 0.3 is 6.08 Å². The maximum Gasteiger partial charge on any atom is 0.447 e. The second kappa shape index (κ2) is 10.00. The summed E-state index contributed by atoms with van der Waals surface area (Å²) in [4.78, 5) is 7.98. The first-order chi connectivity index (χ1) is 8.60. The number of hydrogen-bond donors (Lipinski definition) is 5. The fraction of sp³-hybridized carbons (Fsp3) is 0.667. The van der Waals surface area contributed by atoms with Crippen LogP contribution in [-0.4, -0.2) is 29.8 Å². The molecule has 0 bridgehead atoms. The van der Waals surface area contributed by atoms with E-state index in [4.69, 9.17) is 26.8 Å². The lowest BCUT2D eigenvalue weighted by molar-refractivity contribution is 0.111. The molecule has 9 heteroatoms. The number of aliphatic imine (C=N–C) groups is 1. The van der Waals surface area contributed by atoms with E-state index in [9.17, 15) is 0 Å². The van der Waals surface area contributed by atoms with Crippen LogP contribution in [0, 0.1) is 5.41 Å². The van der Waals surface area contributed by atoms with Crippen molar-refractivity contribution in [3.05, 3.63) is 0 Å². The van der Waals surface area contributed by atoms with Gasteiger partial charge < -0.3 is 26.2 Å². The van der Waals surface area contributed by atoms with Crippen LogP contribution in [-0.2, 0) is 9.57 Å². The van der Waals surface area contributed by atoms with Crippen LogP contribution in [0.25, 0.3) is 0 Å². The summed E-state index contributed by atoms with van der Waals surface area (Å²) in [7, 11) is 0. The van der Waals surface area contributed by atoms with Gasteiger partial charge in [0.1, 0.15) is 0 Å². The van der Waals surface area contributed by atoms with E-state index in [0.717, 1.165) is 25.7 Å². The highest BCUT2D eigenvalue weighted by molar-refractivity contribution is 5.91. The second-order valence-corrected chi connectivity index (χ2v) is 3.36. The quantitative estimate of drug-likeness (QED) is 0.155. The van der Waals surface area contributed by atoms with Crippen LogP contribution in [0.3, 0.4) is 0 Å². The van der Waals surface area contributed by atoms with Crippen molar-refractivity contribution in [1.82, 2.24) is 5.48 Å². The molecule has 0 rings (SSSR count). The Morgan fingerprint density at radius 1 is 1.33 bits per heavy atom. The molecule has 18 heavy (non-hydrogen) atoms. The number of oxime groups is 1. The lowest BCUT2D eigenvalue weighted by Gasteiger charge is -2.08. The lowest BCUT2D eigenvalue weighted by atomic mass is 10.2. The monoisotopic (exact) mass is 260 g/mol. The molecular formula is C9H20N6O3. The zero-order valence-corrected chi connectivity index (χ0v) is 10.3. The molecule has 7 N–H and O–H groups in total. The number of guanidine groups is 2. The number of rotatable bonds is 5.